The van der Waals surface area contributed by atoms with Crippen molar-refractivity contribution < 1.29 is 18.3 Å². The first-order valence-electron chi connectivity index (χ1n) is 11.3. The topological polar surface area (TPSA) is 61.3 Å². The number of nitrogens with zero attached hydrogens (tertiary/aromatic N) is 3. The van der Waals surface area contributed by atoms with Crippen LogP contribution in [0, 0.1) is 12.7 Å². The minimum Gasteiger partial charge on any atom is -0.384 e. The lowest BCUT2D eigenvalue weighted by molar-refractivity contribution is -0.170. The van der Waals surface area contributed by atoms with E-state index in [0.29, 0.717) is 11.6 Å². The number of aryl methyl sites for hydroxylation is 1. The van der Waals surface area contributed by atoms with E-state index in [0.717, 1.165) is 43.0 Å². The van der Waals surface area contributed by atoms with Gasteiger partial charge in [0.1, 0.15) is 23.1 Å². The molecular formula is C26H31F3N4O. The van der Waals surface area contributed by atoms with Crippen LogP contribution in [0.25, 0.3) is 10.9 Å². The number of anilines is 2. The zero-order valence-electron chi connectivity index (χ0n) is 20.6. The van der Waals surface area contributed by atoms with Crippen LogP contribution in [0.5, 0.6) is 0 Å². The number of nitrogens with one attached hydrogen (secondary N) is 1. The summed E-state index contributed by atoms with van der Waals surface area (Å²) in [5.41, 5.74) is -0.156. The van der Waals surface area contributed by atoms with Crippen LogP contribution in [0.4, 0.5) is 24.7 Å². The zero-order chi connectivity index (χ0) is 25.2. The molecule has 0 unspecified atom stereocenters. The molecule has 0 amide bonds. The minimum absolute atomic E-state index is 0.0205. The fraction of sp³-hybridized carbons (Fsp3) is 0.462. The fourth-order valence-corrected chi connectivity index (χ4v) is 4.75. The van der Waals surface area contributed by atoms with Gasteiger partial charge in [0.05, 0.1) is 17.1 Å². The maximum absolute atomic E-state index is 15.3. The zero-order valence-corrected chi connectivity index (χ0v) is 20.6. The first-order chi connectivity index (χ1) is 15.6. The first-order valence-corrected chi connectivity index (χ1v) is 11.3. The summed E-state index contributed by atoms with van der Waals surface area (Å²) in [6, 6.07) is 7.28. The first kappa shape index (κ1) is 24.3. The van der Waals surface area contributed by atoms with Crippen LogP contribution in [-0.4, -0.2) is 34.3 Å². The van der Waals surface area contributed by atoms with Crippen LogP contribution < -0.4 is 10.2 Å². The average molecular weight is 473 g/mol. The van der Waals surface area contributed by atoms with E-state index in [9.17, 15) is 13.9 Å². The van der Waals surface area contributed by atoms with E-state index in [4.69, 9.17) is 0 Å². The Balaban J connectivity index is 1.77. The average Bonchev–Trinajstić information content (AvgIpc) is 2.93. The molecule has 1 aromatic heterocycles. The van der Waals surface area contributed by atoms with E-state index in [-0.39, 0.29) is 11.0 Å². The molecule has 8 heteroatoms. The van der Waals surface area contributed by atoms with Gasteiger partial charge in [-0.1, -0.05) is 26.0 Å². The van der Waals surface area contributed by atoms with Crippen molar-refractivity contribution >= 4 is 22.4 Å². The number of aliphatic hydroxyl groups is 1. The Labute approximate surface area is 198 Å². The summed E-state index contributed by atoms with van der Waals surface area (Å²) in [4.78, 5) is 11.3. The second-order valence-corrected chi connectivity index (χ2v) is 10.5. The van der Waals surface area contributed by atoms with Gasteiger partial charge in [0.25, 0.3) is 0 Å². The summed E-state index contributed by atoms with van der Waals surface area (Å²) in [5, 5.41) is 13.9. The molecule has 3 aromatic rings. The molecule has 0 aliphatic carbocycles. The van der Waals surface area contributed by atoms with Gasteiger partial charge in [0, 0.05) is 35.6 Å². The summed E-state index contributed by atoms with van der Waals surface area (Å²) in [6.45, 7) is 10.7. The molecule has 2 aromatic carbocycles. The lowest BCUT2D eigenvalue weighted by Crippen LogP contribution is -2.41. The molecule has 0 saturated carbocycles. The van der Waals surface area contributed by atoms with E-state index in [2.05, 4.69) is 40.1 Å². The van der Waals surface area contributed by atoms with Gasteiger partial charge >= 0.3 is 5.92 Å². The Kier molecular flexibility index (Phi) is 5.59. The molecule has 2 N–H and O–H groups in total. The smallest absolute Gasteiger partial charge is 0.303 e. The number of likely N-dealkylation sites (N-methyl/N-ethyl adjacent to an activating group) is 1. The second-order valence-electron chi connectivity index (χ2n) is 10.5. The van der Waals surface area contributed by atoms with Crippen molar-refractivity contribution in [2.75, 3.05) is 23.8 Å². The molecule has 1 atom stereocenters. The molecule has 1 aliphatic heterocycles. The molecule has 182 valence electrons. The summed E-state index contributed by atoms with van der Waals surface area (Å²) in [7, 11) is 2.04. The standard InChI is InChI=1S/C26H31F3N4O/c1-14(16-9-8-10-18(22(16)27)26(28,29)25(5,6)34)30-23-17-11-21-19(24(3,4)13-33(21)7)12-20(17)31-15(2)32-23/h8-12,14,34H,13H2,1-7H3,(H,30,31,32)/t14-/m1/s1. The summed E-state index contributed by atoms with van der Waals surface area (Å²) in [5.74, 6) is -3.75. The second kappa shape index (κ2) is 7.83. The molecule has 4 rings (SSSR count). The normalized spacial score (nSPS) is 16.6. The Hall–Kier alpha value is -2.87. The third-order valence-corrected chi connectivity index (χ3v) is 6.65. The highest BCUT2D eigenvalue weighted by Gasteiger charge is 2.49. The Morgan fingerprint density at radius 1 is 1.18 bits per heavy atom. The summed E-state index contributed by atoms with van der Waals surface area (Å²) in [6.07, 6.45) is 0. The van der Waals surface area contributed by atoms with Gasteiger partial charge < -0.3 is 15.3 Å². The lowest BCUT2D eigenvalue weighted by atomic mass is 9.86. The predicted octanol–water partition coefficient (Wildman–Crippen LogP) is 5.84. The van der Waals surface area contributed by atoms with Crippen LogP contribution >= 0.6 is 0 Å². The molecule has 0 bridgehead atoms. The number of alkyl halides is 2. The number of halogens is 3. The Bertz CT molecular complexity index is 1270. The molecule has 1 aliphatic rings. The van der Waals surface area contributed by atoms with Crippen LogP contribution in [0.2, 0.25) is 0 Å². The van der Waals surface area contributed by atoms with Crippen LogP contribution in [0.1, 0.15) is 63.2 Å². The minimum atomic E-state index is -3.76. The molecule has 0 saturated heterocycles. The summed E-state index contributed by atoms with van der Waals surface area (Å²) < 4.78 is 44.8. The number of rotatable bonds is 5. The predicted molar refractivity (Wildman–Crippen MR) is 129 cm³/mol. The van der Waals surface area contributed by atoms with Gasteiger partial charge in [0.15, 0.2) is 0 Å². The lowest BCUT2D eigenvalue weighted by Gasteiger charge is -2.30. The molecule has 5 nitrogen and oxygen atoms in total. The van der Waals surface area contributed by atoms with E-state index >= 15 is 4.39 Å². The van der Waals surface area contributed by atoms with Gasteiger partial charge in [-0.05, 0) is 51.5 Å². The molecule has 0 fully saturated rings. The van der Waals surface area contributed by atoms with Crippen molar-refractivity contribution in [2.45, 2.75) is 64.5 Å². The maximum Gasteiger partial charge on any atom is 0.303 e. The molecule has 0 spiro atoms. The van der Waals surface area contributed by atoms with Gasteiger partial charge in [-0.3, -0.25) is 0 Å². The van der Waals surface area contributed by atoms with Gasteiger partial charge in [-0.25, -0.2) is 14.4 Å². The van der Waals surface area contributed by atoms with Crippen LogP contribution in [0.15, 0.2) is 30.3 Å². The summed E-state index contributed by atoms with van der Waals surface area (Å²) >= 11 is 0. The number of aromatic nitrogens is 2. The number of fused-ring (bicyclic) bond motifs is 2. The van der Waals surface area contributed by atoms with E-state index in [1.165, 1.54) is 17.7 Å². The van der Waals surface area contributed by atoms with Gasteiger partial charge in [-0.2, -0.15) is 8.78 Å². The number of hydrogen-bond acceptors (Lipinski definition) is 5. The van der Waals surface area contributed by atoms with Gasteiger partial charge in [-0.15, -0.1) is 0 Å². The molecular weight excluding hydrogens is 441 g/mol. The maximum atomic E-state index is 15.3. The molecule has 2 heterocycles. The van der Waals surface area contributed by atoms with Crippen LogP contribution in [-0.2, 0) is 11.3 Å². The molecule has 34 heavy (non-hydrogen) atoms. The third kappa shape index (κ3) is 3.87. The van der Waals surface area contributed by atoms with Crippen LogP contribution in [0.3, 0.4) is 0 Å². The third-order valence-electron chi connectivity index (χ3n) is 6.65. The highest BCUT2D eigenvalue weighted by Crippen LogP contribution is 2.44. The van der Waals surface area contributed by atoms with Crippen molar-refractivity contribution in [1.82, 2.24) is 9.97 Å². The van der Waals surface area contributed by atoms with E-state index in [1.54, 1.807) is 13.8 Å². The highest BCUT2D eigenvalue weighted by molar-refractivity contribution is 5.94. The van der Waals surface area contributed by atoms with Gasteiger partial charge in [0.2, 0.25) is 0 Å². The Morgan fingerprint density at radius 3 is 2.50 bits per heavy atom. The number of benzene rings is 2. The molecule has 0 radical (unpaired) electrons. The largest absolute Gasteiger partial charge is 0.384 e. The van der Waals surface area contributed by atoms with E-state index in [1.807, 2.05) is 13.1 Å². The van der Waals surface area contributed by atoms with Crippen molar-refractivity contribution in [3.05, 3.63) is 58.7 Å². The fourth-order valence-electron chi connectivity index (χ4n) is 4.75. The highest BCUT2D eigenvalue weighted by atomic mass is 19.3. The Morgan fingerprint density at radius 2 is 1.85 bits per heavy atom. The monoisotopic (exact) mass is 472 g/mol. The van der Waals surface area contributed by atoms with E-state index < -0.39 is 28.9 Å². The SMILES string of the molecule is Cc1nc(N[C@H](C)c2cccc(C(F)(F)C(C)(C)O)c2F)c2cc3c(cc2n1)C(C)(C)CN3C. The van der Waals surface area contributed by atoms with Crippen molar-refractivity contribution in [3.8, 4) is 0 Å². The quantitative estimate of drug-likeness (QED) is 0.489. The van der Waals surface area contributed by atoms with Crippen molar-refractivity contribution in [3.63, 3.8) is 0 Å². The number of hydrogen-bond donors (Lipinski definition) is 2. The van der Waals surface area contributed by atoms with Crippen molar-refractivity contribution in [1.29, 1.82) is 0 Å². The van der Waals surface area contributed by atoms with Crippen molar-refractivity contribution in [2.24, 2.45) is 0 Å².